The molecule has 10 heteroatoms. The van der Waals surface area contributed by atoms with Crippen LogP contribution in [0.3, 0.4) is 0 Å². The Hall–Kier alpha value is -3.53. The van der Waals surface area contributed by atoms with Crippen molar-refractivity contribution in [3.05, 3.63) is 59.9 Å². The van der Waals surface area contributed by atoms with E-state index in [2.05, 4.69) is 15.5 Å². The number of methoxy groups -OCH3 is 1. The lowest BCUT2D eigenvalue weighted by atomic mass is 10.2. The topological polar surface area (TPSA) is 116 Å². The first-order valence-electron chi connectivity index (χ1n) is 9.33. The fourth-order valence-corrected chi connectivity index (χ4v) is 3.46. The van der Waals surface area contributed by atoms with Gasteiger partial charge in [-0.3, -0.25) is 4.79 Å². The third kappa shape index (κ3) is 5.76. The van der Waals surface area contributed by atoms with Crippen LogP contribution in [0.5, 0.6) is 11.5 Å². The number of nitrogens with one attached hydrogen (secondary N) is 1. The first-order chi connectivity index (χ1) is 14.9. The molecule has 1 amide bonds. The lowest BCUT2D eigenvalue weighted by Crippen LogP contribution is -2.15. The molecule has 2 N–H and O–H groups in total. The van der Waals surface area contributed by atoms with Crippen LogP contribution in [0.1, 0.15) is 29.2 Å². The van der Waals surface area contributed by atoms with Crippen LogP contribution in [0.25, 0.3) is 0 Å². The van der Waals surface area contributed by atoms with Gasteiger partial charge >= 0.3 is 5.97 Å². The van der Waals surface area contributed by atoms with Crippen LogP contribution in [0.2, 0.25) is 0 Å². The molecular weight excluding hydrogens is 420 g/mol. The summed E-state index contributed by atoms with van der Waals surface area (Å²) in [6.45, 7) is 1.87. The van der Waals surface area contributed by atoms with Crippen LogP contribution in [0, 0.1) is 0 Å². The molecule has 31 heavy (non-hydrogen) atoms. The van der Waals surface area contributed by atoms with Gasteiger partial charge in [0.15, 0.2) is 17.1 Å². The quantitative estimate of drug-likeness (QED) is 0.485. The van der Waals surface area contributed by atoms with E-state index in [1.54, 1.807) is 23.8 Å². The summed E-state index contributed by atoms with van der Waals surface area (Å²) in [5.74, 6) is 0.924. The number of hydrogen-bond acceptors (Lipinski definition) is 7. The number of rotatable bonds is 9. The molecule has 0 bridgehead atoms. The number of amides is 1. The smallest absolute Gasteiger partial charge is 0.335 e. The first-order valence-corrected chi connectivity index (χ1v) is 10.3. The van der Waals surface area contributed by atoms with Crippen molar-refractivity contribution in [3.8, 4) is 11.5 Å². The van der Waals surface area contributed by atoms with E-state index >= 15 is 0 Å². The van der Waals surface area contributed by atoms with Gasteiger partial charge in [0, 0.05) is 12.7 Å². The van der Waals surface area contributed by atoms with Gasteiger partial charge < -0.3 is 24.5 Å². The van der Waals surface area contributed by atoms with E-state index in [4.69, 9.17) is 14.6 Å². The lowest BCUT2D eigenvalue weighted by molar-refractivity contribution is -0.113. The molecule has 0 saturated heterocycles. The number of nitrogens with zero attached hydrogens (tertiary/aromatic N) is 3. The van der Waals surface area contributed by atoms with Crippen LogP contribution < -0.4 is 14.8 Å². The fourth-order valence-electron chi connectivity index (χ4n) is 2.74. The number of thioether (sulfide) groups is 1. The summed E-state index contributed by atoms with van der Waals surface area (Å²) in [7, 11) is 3.42. The average Bonchev–Trinajstić information content (AvgIpc) is 3.13. The van der Waals surface area contributed by atoms with Gasteiger partial charge in [0.1, 0.15) is 11.5 Å². The van der Waals surface area contributed by atoms with E-state index < -0.39 is 5.97 Å². The van der Waals surface area contributed by atoms with Gasteiger partial charge in [-0.15, -0.1) is 10.2 Å². The van der Waals surface area contributed by atoms with E-state index in [0.717, 1.165) is 5.75 Å². The van der Waals surface area contributed by atoms with Crippen LogP contribution in [-0.4, -0.2) is 44.6 Å². The van der Waals surface area contributed by atoms with Crippen molar-refractivity contribution in [2.75, 3.05) is 18.2 Å². The molecule has 3 rings (SSSR count). The lowest BCUT2D eigenvalue weighted by Gasteiger charge is -2.14. The van der Waals surface area contributed by atoms with Crippen molar-refractivity contribution < 1.29 is 24.2 Å². The Bertz CT molecular complexity index is 1050. The maximum atomic E-state index is 12.2. The predicted molar refractivity (Wildman–Crippen MR) is 116 cm³/mol. The van der Waals surface area contributed by atoms with Gasteiger partial charge in [-0.05, 0) is 55.5 Å². The summed E-state index contributed by atoms with van der Waals surface area (Å²) < 4.78 is 12.8. The predicted octanol–water partition coefficient (Wildman–Crippen LogP) is 3.39. The standard InChI is InChI=1S/C21H22N4O5S/c1-13(30-17-10-8-16(29-3)9-11-17)19-23-24-21(25(19)2)31-12-18(26)22-15-6-4-14(5-7-15)20(27)28/h4-11,13H,12H2,1-3H3,(H,22,26)(H,27,28). The van der Waals surface area contributed by atoms with Gasteiger partial charge in [0.25, 0.3) is 0 Å². The molecule has 9 nitrogen and oxygen atoms in total. The number of carbonyl (C=O) groups excluding carboxylic acids is 1. The number of ether oxygens (including phenoxy) is 2. The molecule has 0 aliphatic rings. The molecule has 1 atom stereocenters. The highest BCUT2D eigenvalue weighted by Crippen LogP contribution is 2.25. The molecule has 0 spiro atoms. The van der Waals surface area contributed by atoms with Crippen LogP contribution in [0.4, 0.5) is 5.69 Å². The number of carboxylic acid groups (broad SMARTS) is 1. The number of carbonyl (C=O) groups is 2. The highest BCUT2D eigenvalue weighted by Gasteiger charge is 2.18. The molecular formula is C21H22N4O5S. The monoisotopic (exact) mass is 442 g/mol. The average molecular weight is 442 g/mol. The SMILES string of the molecule is COc1ccc(OC(C)c2nnc(SCC(=O)Nc3ccc(C(=O)O)cc3)n2C)cc1. The Kier molecular flexibility index (Phi) is 7.14. The number of aromatic carboxylic acids is 1. The number of aromatic nitrogens is 3. The maximum absolute atomic E-state index is 12.2. The summed E-state index contributed by atoms with van der Waals surface area (Å²) in [5, 5.41) is 20.6. The number of anilines is 1. The zero-order valence-electron chi connectivity index (χ0n) is 17.2. The van der Waals surface area contributed by atoms with Crippen molar-refractivity contribution in [3.63, 3.8) is 0 Å². The van der Waals surface area contributed by atoms with Crippen molar-refractivity contribution >= 4 is 29.3 Å². The Labute approximate surface area is 183 Å². The second-order valence-electron chi connectivity index (χ2n) is 6.55. The highest BCUT2D eigenvalue weighted by atomic mass is 32.2. The van der Waals surface area contributed by atoms with E-state index in [9.17, 15) is 9.59 Å². The Morgan fingerprint density at radius 1 is 1.10 bits per heavy atom. The molecule has 0 radical (unpaired) electrons. The minimum Gasteiger partial charge on any atom is -0.497 e. The summed E-state index contributed by atoms with van der Waals surface area (Å²) in [5.41, 5.74) is 0.681. The highest BCUT2D eigenvalue weighted by molar-refractivity contribution is 7.99. The summed E-state index contributed by atoms with van der Waals surface area (Å²) in [6, 6.07) is 13.2. The van der Waals surface area contributed by atoms with Crippen LogP contribution in [0.15, 0.2) is 53.7 Å². The van der Waals surface area contributed by atoms with E-state index in [1.165, 1.54) is 23.9 Å². The zero-order chi connectivity index (χ0) is 22.4. The first kappa shape index (κ1) is 22.2. The molecule has 1 aromatic heterocycles. The van der Waals surface area contributed by atoms with Crippen molar-refractivity contribution in [2.24, 2.45) is 7.05 Å². The van der Waals surface area contributed by atoms with Gasteiger partial charge in [0.05, 0.1) is 18.4 Å². The van der Waals surface area contributed by atoms with E-state index in [-0.39, 0.29) is 23.3 Å². The summed E-state index contributed by atoms with van der Waals surface area (Å²) in [6.07, 6.45) is -0.346. The second kappa shape index (κ2) is 9.98. The van der Waals surface area contributed by atoms with Gasteiger partial charge in [0.2, 0.25) is 5.91 Å². The van der Waals surface area contributed by atoms with Crippen molar-refractivity contribution in [1.29, 1.82) is 0 Å². The number of carboxylic acids is 1. The Balaban J connectivity index is 1.55. The van der Waals surface area contributed by atoms with Gasteiger partial charge in [-0.2, -0.15) is 0 Å². The van der Waals surface area contributed by atoms with Gasteiger partial charge in [-0.25, -0.2) is 4.79 Å². The zero-order valence-corrected chi connectivity index (χ0v) is 18.0. The molecule has 0 aliphatic heterocycles. The fraction of sp³-hybridized carbons (Fsp3) is 0.238. The number of benzene rings is 2. The molecule has 0 aliphatic carbocycles. The molecule has 3 aromatic rings. The minimum absolute atomic E-state index is 0.125. The maximum Gasteiger partial charge on any atom is 0.335 e. The second-order valence-corrected chi connectivity index (χ2v) is 7.50. The molecule has 1 heterocycles. The van der Waals surface area contributed by atoms with Gasteiger partial charge in [-0.1, -0.05) is 11.8 Å². The molecule has 0 fully saturated rings. The Morgan fingerprint density at radius 2 is 1.74 bits per heavy atom. The molecule has 2 aromatic carbocycles. The minimum atomic E-state index is -1.02. The van der Waals surface area contributed by atoms with Crippen molar-refractivity contribution in [1.82, 2.24) is 14.8 Å². The van der Waals surface area contributed by atoms with Crippen LogP contribution >= 0.6 is 11.8 Å². The number of hydrogen-bond donors (Lipinski definition) is 2. The van der Waals surface area contributed by atoms with Crippen LogP contribution in [-0.2, 0) is 11.8 Å². The Morgan fingerprint density at radius 3 is 2.35 bits per heavy atom. The molecule has 162 valence electrons. The largest absolute Gasteiger partial charge is 0.497 e. The summed E-state index contributed by atoms with van der Waals surface area (Å²) >= 11 is 1.24. The normalized spacial score (nSPS) is 11.6. The summed E-state index contributed by atoms with van der Waals surface area (Å²) in [4.78, 5) is 23.1. The van der Waals surface area contributed by atoms with E-state index in [1.807, 2.05) is 38.2 Å². The third-order valence-corrected chi connectivity index (χ3v) is 5.37. The third-order valence-electron chi connectivity index (χ3n) is 4.35. The van der Waals surface area contributed by atoms with Crippen molar-refractivity contribution in [2.45, 2.75) is 18.2 Å². The van der Waals surface area contributed by atoms with E-state index in [0.29, 0.717) is 22.4 Å². The molecule has 0 saturated carbocycles. The molecule has 1 unspecified atom stereocenters.